The molecule has 4 heterocycles. The largest absolute Gasteiger partial charge is 0.312 e. The molecule has 4 rings (SSSR count). The summed E-state index contributed by atoms with van der Waals surface area (Å²) in [5.41, 5.74) is 2.13. The van der Waals surface area contributed by atoms with E-state index >= 15 is 0 Å². The van der Waals surface area contributed by atoms with Crippen molar-refractivity contribution in [3.63, 3.8) is 0 Å². The molecule has 0 spiro atoms. The van der Waals surface area contributed by atoms with Crippen LogP contribution in [0.5, 0.6) is 0 Å². The SMILES string of the molecule is CN1CCC(Cc2nc3cccnc3n2CC2CCN(C)C2)C1. The van der Waals surface area contributed by atoms with Gasteiger partial charge in [-0.3, -0.25) is 0 Å². The average molecular weight is 313 g/mol. The van der Waals surface area contributed by atoms with Gasteiger partial charge >= 0.3 is 0 Å². The summed E-state index contributed by atoms with van der Waals surface area (Å²) in [6.45, 7) is 5.89. The Labute approximate surface area is 138 Å². The Morgan fingerprint density at radius 2 is 1.83 bits per heavy atom. The van der Waals surface area contributed by atoms with E-state index in [1.807, 2.05) is 12.3 Å². The quantitative estimate of drug-likeness (QED) is 0.864. The number of rotatable bonds is 4. The van der Waals surface area contributed by atoms with E-state index in [0.717, 1.165) is 36.0 Å². The van der Waals surface area contributed by atoms with Crippen LogP contribution < -0.4 is 0 Å². The maximum absolute atomic E-state index is 4.93. The number of fused-ring (bicyclic) bond motifs is 1. The van der Waals surface area contributed by atoms with Gasteiger partial charge in [-0.25, -0.2) is 9.97 Å². The molecule has 2 fully saturated rings. The molecule has 0 saturated carbocycles. The van der Waals surface area contributed by atoms with E-state index in [1.165, 1.54) is 44.8 Å². The van der Waals surface area contributed by atoms with Crippen LogP contribution in [0.25, 0.3) is 11.2 Å². The molecule has 0 amide bonds. The van der Waals surface area contributed by atoms with Crippen LogP contribution >= 0.6 is 0 Å². The van der Waals surface area contributed by atoms with Crippen molar-refractivity contribution in [1.29, 1.82) is 0 Å². The number of pyridine rings is 1. The summed E-state index contributed by atoms with van der Waals surface area (Å²) in [4.78, 5) is 14.4. The van der Waals surface area contributed by atoms with E-state index in [1.54, 1.807) is 0 Å². The van der Waals surface area contributed by atoms with Gasteiger partial charge in [0, 0.05) is 32.3 Å². The first-order valence-electron chi connectivity index (χ1n) is 8.86. The third-order valence-electron chi connectivity index (χ3n) is 5.47. The van der Waals surface area contributed by atoms with Gasteiger partial charge in [0.05, 0.1) is 0 Å². The van der Waals surface area contributed by atoms with Gasteiger partial charge in [0.2, 0.25) is 0 Å². The van der Waals surface area contributed by atoms with Gasteiger partial charge in [-0.2, -0.15) is 0 Å². The van der Waals surface area contributed by atoms with E-state index in [-0.39, 0.29) is 0 Å². The molecule has 2 unspecified atom stereocenters. The minimum Gasteiger partial charge on any atom is -0.312 e. The van der Waals surface area contributed by atoms with Gasteiger partial charge in [-0.05, 0) is 64.0 Å². The number of hydrogen-bond donors (Lipinski definition) is 0. The number of likely N-dealkylation sites (tertiary alicyclic amines) is 2. The Hall–Kier alpha value is -1.46. The van der Waals surface area contributed by atoms with Crippen LogP contribution in [0.3, 0.4) is 0 Å². The van der Waals surface area contributed by atoms with Gasteiger partial charge in [0.1, 0.15) is 11.3 Å². The highest BCUT2D eigenvalue weighted by Crippen LogP contribution is 2.25. The summed E-state index contributed by atoms with van der Waals surface area (Å²) >= 11 is 0. The summed E-state index contributed by atoms with van der Waals surface area (Å²) in [5, 5.41) is 0. The molecule has 0 bridgehead atoms. The number of aromatic nitrogens is 3. The van der Waals surface area contributed by atoms with Gasteiger partial charge in [-0.15, -0.1) is 0 Å². The van der Waals surface area contributed by atoms with E-state index in [9.17, 15) is 0 Å². The summed E-state index contributed by atoms with van der Waals surface area (Å²) < 4.78 is 2.41. The van der Waals surface area contributed by atoms with Crippen LogP contribution in [0.1, 0.15) is 18.7 Å². The summed E-state index contributed by atoms with van der Waals surface area (Å²) in [6, 6.07) is 4.10. The fraction of sp³-hybridized carbons (Fsp3) is 0.667. The Kier molecular flexibility index (Phi) is 4.07. The smallest absolute Gasteiger partial charge is 0.159 e. The molecule has 2 aliphatic heterocycles. The Bertz CT molecular complexity index is 679. The van der Waals surface area contributed by atoms with E-state index < -0.39 is 0 Å². The maximum Gasteiger partial charge on any atom is 0.159 e. The van der Waals surface area contributed by atoms with Crippen molar-refractivity contribution in [2.24, 2.45) is 11.8 Å². The van der Waals surface area contributed by atoms with Crippen molar-refractivity contribution in [2.75, 3.05) is 40.3 Å². The lowest BCUT2D eigenvalue weighted by molar-refractivity contribution is 0.371. The molecular weight excluding hydrogens is 286 g/mol. The fourth-order valence-electron chi connectivity index (χ4n) is 4.24. The summed E-state index contributed by atoms with van der Waals surface area (Å²) in [6.07, 6.45) is 5.56. The van der Waals surface area contributed by atoms with E-state index in [2.05, 4.69) is 39.5 Å². The third-order valence-corrected chi connectivity index (χ3v) is 5.47. The van der Waals surface area contributed by atoms with Crippen LogP contribution in [-0.2, 0) is 13.0 Å². The molecule has 124 valence electrons. The molecule has 5 nitrogen and oxygen atoms in total. The van der Waals surface area contributed by atoms with Crippen molar-refractivity contribution in [1.82, 2.24) is 24.3 Å². The Balaban J connectivity index is 1.61. The Morgan fingerprint density at radius 1 is 1.09 bits per heavy atom. The standard InChI is InChI=1S/C18H27N5/c1-21-8-5-14(11-21)10-17-20-16-4-3-7-19-18(16)23(17)13-15-6-9-22(2)12-15/h3-4,7,14-15H,5-6,8-13H2,1-2H3. The van der Waals surface area contributed by atoms with Crippen LogP contribution in [0.15, 0.2) is 18.3 Å². The fourth-order valence-corrected chi connectivity index (χ4v) is 4.24. The lowest BCUT2D eigenvalue weighted by atomic mass is 10.0. The summed E-state index contributed by atoms with van der Waals surface area (Å²) in [7, 11) is 4.44. The topological polar surface area (TPSA) is 37.2 Å². The highest BCUT2D eigenvalue weighted by molar-refractivity contribution is 5.71. The lowest BCUT2D eigenvalue weighted by Gasteiger charge is -2.16. The number of imidazole rings is 1. The molecule has 2 aliphatic rings. The zero-order valence-corrected chi connectivity index (χ0v) is 14.3. The first kappa shape index (κ1) is 15.1. The van der Waals surface area contributed by atoms with Gasteiger partial charge in [-0.1, -0.05) is 0 Å². The molecule has 0 aliphatic carbocycles. The molecular formula is C18H27N5. The maximum atomic E-state index is 4.93. The highest BCUT2D eigenvalue weighted by Gasteiger charge is 2.25. The molecule has 2 saturated heterocycles. The van der Waals surface area contributed by atoms with Crippen molar-refractivity contribution >= 4 is 11.2 Å². The normalized spacial score (nSPS) is 26.5. The van der Waals surface area contributed by atoms with Crippen LogP contribution in [-0.4, -0.2) is 64.6 Å². The molecule has 0 N–H and O–H groups in total. The van der Waals surface area contributed by atoms with E-state index in [4.69, 9.17) is 4.98 Å². The third kappa shape index (κ3) is 3.12. The summed E-state index contributed by atoms with van der Waals surface area (Å²) in [5.74, 6) is 2.71. The first-order chi connectivity index (χ1) is 11.2. The Morgan fingerprint density at radius 3 is 2.52 bits per heavy atom. The lowest BCUT2D eigenvalue weighted by Crippen LogP contribution is -2.20. The van der Waals surface area contributed by atoms with Crippen molar-refractivity contribution in [2.45, 2.75) is 25.8 Å². The molecule has 5 heteroatoms. The average Bonchev–Trinajstić information content (AvgIpc) is 3.21. The van der Waals surface area contributed by atoms with Gasteiger partial charge < -0.3 is 14.4 Å². The predicted octanol–water partition coefficient (Wildman–Crippen LogP) is 1.88. The molecule has 2 aromatic heterocycles. The van der Waals surface area contributed by atoms with Crippen molar-refractivity contribution in [3.8, 4) is 0 Å². The molecule has 23 heavy (non-hydrogen) atoms. The van der Waals surface area contributed by atoms with Gasteiger partial charge in [0.15, 0.2) is 5.65 Å². The second-order valence-corrected chi connectivity index (χ2v) is 7.52. The number of nitrogens with zero attached hydrogens (tertiary/aromatic N) is 5. The zero-order chi connectivity index (χ0) is 15.8. The van der Waals surface area contributed by atoms with Gasteiger partial charge in [0.25, 0.3) is 0 Å². The molecule has 0 aromatic carbocycles. The molecule has 2 aromatic rings. The zero-order valence-electron chi connectivity index (χ0n) is 14.3. The highest BCUT2D eigenvalue weighted by atomic mass is 15.2. The van der Waals surface area contributed by atoms with Crippen LogP contribution in [0.2, 0.25) is 0 Å². The minimum atomic E-state index is 0.726. The monoisotopic (exact) mass is 313 g/mol. The number of hydrogen-bond acceptors (Lipinski definition) is 4. The van der Waals surface area contributed by atoms with E-state index in [0.29, 0.717) is 0 Å². The minimum absolute atomic E-state index is 0.726. The second kappa shape index (κ2) is 6.21. The molecule has 2 atom stereocenters. The van der Waals surface area contributed by atoms with Crippen molar-refractivity contribution < 1.29 is 0 Å². The van der Waals surface area contributed by atoms with Crippen LogP contribution in [0, 0.1) is 11.8 Å². The second-order valence-electron chi connectivity index (χ2n) is 7.52. The first-order valence-corrected chi connectivity index (χ1v) is 8.86. The van der Waals surface area contributed by atoms with Crippen LogP contribution in [0.4, 0.5) is 0 Å². The molecule has 0 radical (unpaired) electrons. The van der Waals surface area contributed by atoms with Crippen molar-refractivity contribution in [3.05, 3.63) is 24.2 Å². The predicted molar refractivity (Wildman–Crippen MR) is 92.4 cm³/mol.